The standard InChI is InChI=1S/C12H12N4O/c13-7-12-15-5-6-16(12)8-11(17)9-3-1-2-4-10(9)14/h1-6,11,17H,8,14H2. The van der Waals surface area contributed by atoms with Gasteiger partial charge < -0.3 is 15.4 Å². The number of hydrogen-bond donors (Lipinski definition) is 2. The third kappa shape index (κ3) is 2.27. The number of benzene rings is 1. The van der Waals surface area contributed by atoms with Gasteiger partial charge in [0.05, 0.1) is 12.6 Å². The minimum absolute atomic E-state index is 0.261. The van der Waals surface area contributed by atoms with E-state index in [1.165, 1.54) is 6.20 Å². The van der Waals surface area contributed by atoms with Gasteiger partial charge in [-0.3, -0.25) is 0 Å². The second-order valence-electron chi connectivity index (χ2n) is 3.66. The van der Waals surface area contributed by atoms with Gasteiger partial charge in [0.1, 0.15) is 6.07 Å². The Morgan fingerprint density at radius 2 is 2.24 bits per heavy atom. The van der Waals surface area contributed by atoms with Gasteiger partial charge in [-0.25, -0.2) is 4.98 Å². The first-order valence-corrected chi connectivity index (χ1v) is 5.16. The van der Waals surface area contributed by atoms with Gasteiger partial charge in [-0.1, -0.05) is 18.2 Å². The van der Waals surface area contributed by atoms with Crippen LogP contribution in [-0.4, -0.2) is 14.7 Å². The molecule has 0 aliphatic rings. The first kappa shape index (κ1) is 11.2. The second kappa shape index (κ2) is 4.68. The number of aliphatic hydroxyl groups is 1. The van der Waals surface area contributed by atoms with Crippen LogP contribution in [0.4, 0.5) is 5.69 Å². The zero-order valence-corrected chi connectivity index (χ0v) is 9.11. The first-order valence-electron chi connectivity index (χ1n) is 5.16. The highest BCUT2D eigenvalue weighted by molar-refractivity contribution is 5.47. The zero-order chi connectivity index (χ0) is 12.3. The molecular weight excluding hydrogens is 216 g/mol. The van der Waals surface area contributed by atoms with E-state index in [0.717, 1.165) is 0 Å². The van der Waals surface area contributed by atoms with Crippen molar-refractivity contribution in [1.29, 1.82) is 5.26 Å². The molecule has 1 heterocycles. The molecule has 1 unspecified atom stereocenters. The normalized spacial score (nSPS) is 12.0. The lowest BCUT2D eigenvalue weighted by Gasteiger charge is -2.14. The lowest BCUT2D eigenvalue weighted by Crippen LogP contribution is -2.11. The summed E-state index contributed by atoms with van der Waals surface area (Å²) in [6.07, 6.45) is 2.43. The van der Waals surface area contributed by atoms with Crippen molar-refractivity contribution in [1.82, 2.24) is 9.55 Å². The molecule has 0 saturated heterocycles. The van der Waals surface area contributed by atoms with Crippen LogP contribution in [0.2, 0.25) is 0 Å². The van der Waals surface area contributed by atoms with Gasteiger partial charge >= 0.3 is 0 Å². The zero-order valence-electron chi connectivity index (χ0n) is 9.11. The molecule has 86 valence electrons. The molecule has 0 aliphatic carbocycles. The fourth-order valence-electron chi connectivity index (χ4n) is 1.67. The Morgan fingerprint density at radius 3 is 2.94 bits per heavy atom. The highest BCUT2D eigenvalue weighted by Gasteiger charge is 2.12. The number of nitrogens with zero attached hydrogens (tertiary/aromatic N) is 3. The van der Waals surface area contributed by atoms with Crippen molar-refractivity contribution in [3.63, 3.8) is 0 Å². The molecule has 5 nitrogen and oxygen atoms in total. The van der Waals surface area contributed by atoms with E-state index in [4.69, 9.17) is 11.0 Å². The van der Waals surface area contributed by atoms with Crippen molar-refractivity contribution in [2.45, 2.75) is 12.6 Å². The van der Waals surface area contributed by atoms with E-state index >= 15 is 0 Å². The van der Waals surface area contributed by atoms with E-state index < -0.39 is 6.10 Å². The van der Waals surface area contributed by atoms with Gasteiger partial charge in [-0.05, 0) is 6.07 Å². The van der Waals surface area contributed by atoms with Crippen molar-refractivity contribution in [3.8, 4) is 6.07 Å². The molecule has 3 N–H and O–H groups in total. The Labute approximate surface area is 98.7 Å². The van der Waals surface area contributed by atoms with Crippen LogP contribution in [-0.2, 0) is 6.54 Å². The average Bonchev–Trinajstić information content (AvgIpc) is 2.76. The van der Waals surface area contributed by atoms with Crippen LogP contribution in [0.3, 0.4) is 0 Å². The van der Waals surface area contributed by atoms with Crippen molar-refractivity contribution in [3.05, 3.63) is 48.0 Å². The number of nitriles is 1. The van der Waals surface area contributed by atoms with Crippen molar-refractivity contribution in [2.75, 3.05) is 5.73 Å². The van der Waals surface area contributed by atoms with Crippen LogP contribution in [0.1, 0.15) is 17.5 Å². The third-order valence-corrected chi connectivity index (χ3v) is 2.54. The molecule has 5 heteroatoms. The largest absolute Gasteiger partial charge is 0.398 e. The summed E-state index contributed by atoms with van der Waals surface area (Å²) in [6, 6.07) is 9.08. The molecule has 2 rings (SSSR count). The maximum Gasteiger partial charge on any atom is 0.212 e. The van der Waals surface area contributed by atoms with Crippen LogP contribution in [0.15, 0.2) is 36.7 Å². The molecule has 0 fully saturated rings. The Kier molecular flexibility index (Phi) is 3.08. The van der Waals surface area contributed by atoms with Crippen LogP contribution in [0, 0.1) is 11.3 Å². The number of nitrogen functional groups attached to an aromatic ring is 1. The summed E-state index contributed by atoms with van der Waals surface area (Å²) >= 11 is 0. The van der Waals surface area contributed by atoms with Gasteiger partial charge in [0.15, 0.2) is 0 Å². The molecule has 0 spiro atoms. The van der Waals surface area contributed by atoms with E-state index in [1.54, 1.807) is 22.9 Å². The number of aliphatic hydroxyl groups excluding tert-OH is 1. The molecular formula is C12H12N4O. The molecule has 0 amide bonds. The van der Waals surface area contributed by atoms with Gasteiger partial charge in [-0.2, -0.15) is 5.26 Å². The number of rotatable bonds is 3. The van der Waals surface area contributed by atoms with Crippen LogP contribution < -0.4 is 5.73 Å². The van der Waals surface area contributed by atoms with E-state index in [9.17, 15) is 5.11 Å². The number of nitrogens with two attached hydrogens (primary N) is 1. The Bertz CT molecular complexity index is 556. The molecule has 2 aromatic rings. The van der Waals surface area contributed by atoms with Gasteiger partial charge in [0.25, 0.3) is 0 Å². The number of hydrogen-bond acceptors (Lipinski definition) is 4. The molecule has 1 aromatic heterocycles. The summed E-state index contributed by atoms with van der Waals surface area (Å²) < 4.78 is 1.59. The summed E-state index contributed by atoms with van der Waals surface area (Å²) in [5.74, 6) is 0.276. The quantitative estimate of drug-likeness (QED) is 0.769. The fraction of sp³-hybridized carbons (Fsp3) is 0.167. The lowest BCUT2D eigenvalue weighted by molar-refractivity contribution is 0.157. The number of anilines is 1. The predicted molar refractivity (Wildman–Crippen MR) is 62.8 cm³/mol. The van der Waals surface area contributed by atoms with E-state index in [2.05, 4.69) is 4.98 Å². The van der Waals surface area contributed by atoms with Gasteiger partial charge in [-0.15, -0.1) is 0 Å². The fourth-order valence-corrected chi connectivity index (χ4v) is 1.67. The van der Waals surface area contributed by atoms with Crippen LogP contribution >= 0.6 is 0 Å². The molecule has 17 heavy (non-hydrogen) atoms. The highest BCUT2D eigenvalue weighted by atomic mass is 16.3. The Hall–Kier alpha value is -2.32. The third-order valence-electron chi connectivity index (χ3n) is 2.54. The summed E-state index contributed by atoms with van der Waals surface area (Å²) in [7, 11) is 0. The minimum Gasteiger partial charge on any atom is -0.398 e. The lowest BCUT2D eigenvalue weighted by atomic mass is 10.1. The summed E-state index contributed by atoms with van der Waals surface area (Å²) in [6.45, 7) is 0.261. The molecule has 0 aliphatic heterocycles. The molecule has 1 aromatic carbocycles. The van der Waals surface area contributed by atoms with E-state index in [0.29, 0.717) is 11.3 Å². The molecule has 0 radical (unpaired) electrons. The molecule has 0 saturated carbocycles. The second-order valence-corrected chi connectivity index (χ2v) is 3.66. The maximum absolute atomic E-state index is 10.1. The number of imidazole rings is 1. The van der Waals surface area contributed by atoms with E-state index in [1.807, 2.05) is 18.2 Å². The van der Waals surface area contributed by atoms with E-state index in [-0.39, 0.29) is 12.4 Å². The van der Waals surface area contributed by atoms with Crippen LogP contribution in [0.5, 0.6) is 0 Å². The number of para-hydroxylation sites is 1. The minimum atomic E-state index is -0.752. The summed E-state index contributed by atoms with van der Waals surface area (Å²) in [5, 5.41) is 18.9. The topological polar surface area (TPSA) is 87.9 Å². The number of aromatic nitrogens is 2. The monoisotopic (exact) mass is 228 g/mol. The average molecular weight is 228 g/mol. The Balaban J connectivity index is 2.21. The van der Waals surface area contributed by atoms with Gasteiger partial charge in [0.2, 0.25) is 5.82 Å². The van der Waals surface area contributed by atoms with Gasteiger partial charge in [0, 0.05) is 23.6 Å². The molecule has 0 bridgehead atoms. The summed E-state index contributed by atoms with van der Waals surface area (Å²) in [4.78, 5) is 3.86. The van der Waals surface area contributed by atoms with Crippen LogP contribution in [0.25, 0.3) is 0 Å². The van der Waals surface area contributed by atoms with Crippen molar-refractivity contribution < 1.29 is 5.11 Å². The smallest absolute Gasteiger partial charge is 0.212 e. The van der Waals surface area contributed by atoms with Crippen molar-refractivity contribution in [2.24, 2.45) is 0 Å². The van der Waals surface area contributed by atoms with Crippen molar-refractivity contribution >= 4 is 5.69 Å². The Morgan fingerprint density at radius 1 is 1.47 bits per heavy atom. The highest BCUT2D eigenvalue weighted by Crippen LogP contribution is 2.21. The first-order chi connectivity index (χ1) is 8.22. The predicted octanol–water partition coefficient (Wildman–Crippen LogP) is 1.07. The maximum atomic E-state index is 10.1. The molecule has 1 atom stereocenters. The summed E-state index contributed by atoms with van der Waals surface area (Å²) in [5.41, 5.74) is 6.97. The SMILES string of the molecule is N#Cc1nccn1CC(O)c1ccccc1N.